The van der Waals surface area contributed by atoms with Crippen molar-refractivity contribution < 1.29 is 4.79 Å². The highest BCUT2D eigenvalue weighted by Gasteiger charge is 2.13. The number of rotatable bonds is 5. The Bertz CT molecular complexity index is 1000. The molecule has 0 aliphatic carbocycles. The van der Waals surface area contributed by atoms with Crippen LogP contribution in [0.5, 0.6) is 0 Å². The maximum atomic E-state index is 12.9. The molecule has 0 saturated heterocycles. The molecule has 2 nitrogen and oxygen atoms in total. The van der Waals surface area contributed by atoms with E-state index in [-0.39, 0.29) is 11.3 Å². The molecule has 0 aromatic heterocycles. The molecule has 0 radical (unpaired) electrons. The van der Waals surface area contributed by atoms with Gasteiger partial charge in [-0.2, -0.15) is 0 Å². The molecule has 152 valence electrons. The van der Waals surface area contributed by atoms with Crippen molar-refractivity contribution in [1.82, 2.24) is 4.90 Å². The van der Waals surface area contributed by atoms with Crippen molar-refractivity contribution in [3.8, 4) is 11.8 Å². The average Bonchev–Trinajstić information content (AvgIpc) is 2.76. The first-order valence-corrected chi connectivity index (χ1v) is 10.4. The zero-order valence-electron chi connectivity index (χ0n) is 18.1. The first-order chi connectivity index (χ1) is 14.4. The quantitative estimate of drug-likeness (QED) is 0.515. The summed E-state index contributed by atoms with van der Waals surface area (Å²) in [5.74, 6) is 5.75. The summed E-state index contributed by atoms with van der Waals surface area (Å²) >= 11 is 0. The maximum absolute atomic E-state index is 12.9. The topological polar surface area (TPSA) is 20.3 Å². The molecule has 2 heteroatoms. The Morgan fingerprint density at radius 2 is 1.37 bits per heavy atom. The predicted octanol–water partition coefficient (Wildman–Crippen LogP) is 5.61. The molecule has 3 rings (SSSR count). The molecular formula is C28H29NO. The minimum absolute atomic E-state index is 0.103. The first kappa shape index (κ1) is 21.4. The Labute approximate surface area is 180 Å². The minimum Gasteiger partial charge on any atom is -0.327 e. The van der Waals surface area contributed by atoms with E-state index in [1.165, 1.54) is 11.1 Å². The Kier molecular flexibility index (Phi) is 7.09. The van der Waals surface area contributed by atoms with Crippen LogP contribution in [0.25, 0.3) is 0 Å². The molecule has 0 unspecified atom stereocenters. The van der Waals surface area contributed by atoms with E-state index in [1.54, 1.807) is 0 Å². The van der Waals surface area contributed by atoms with Gasteiger partial charge in [0.1, 0.15) is 0 Å². The summed E-state index contributed by atoms with van der Waals surface area (Å²) in [5, 5.41) is 0. The van der Waals surface area contributed by atoms with E-state index in [9.17, 15) is 4.79 Å². The summed E-state index contributed by atoms with van der Waals surface area (Å²) in [4.78, 5) is 14.8. The van der Waals surface area contributed by atoms with Crippen LogP contribution in [0.4, 0.5) is 0 Å². The SMILES string of the molecule is CC(C)(C)c1ccc(C#CC(=O)N(CCc2ccccc2)Cc2ccccc2)cc1. The summed E-state index contributed by atoms with van der Waals surface area (Å²) < 4.78 is 0. The van der Waals surface area contributed by atoms with Crippen molar-refractivity contribution in [2.24, 2.45) is 0 Å². The molecule has 0 atom stereocenters. The lowest BCUT2D eigenvalue weighted by atomic mass is 9.87. The van der Waals surface area contributed by atoms with Crippen LogP contribution in [0, 0.1) is 11.8 Å². The van der Waals surface area contributed by atoms with Crippen molar-refractivity contribution in [3.05, 3.63) is 107 Å². The summed E-state index contributed by atoms with van der Waals surface area (Å²) in [6.07, 6.45) is 0.807. The summed E-state index contributed by atoms with van der Waals surface area (Å²) in [6, 6.07) is 28.5. The number of hydrogen-bond acceptors (Lipinski definition) is 1. The molecule has 0 N–H and O–H groups in total. The highest BCUT2D eigenvalue weighted by Crippen LogP contribution is 2.21. The van der Waals surface area contributed by atoms with Gasteiger partial charge in [0, 0.05) is 24.6 Å². The van der Waals surface area contributed by atoms with Crippen LogP contribution in [-0.2, 0) is 23.2 Å². The van der Waals surface area contributed by atoms with Crippen LogP contribution < -0.4 is 0 Å². The smallest absolute Gasteiger partial charge is 0.299 e. The lowest BCUT2D eigenvalue weighted by Gasteiger charge is -2.20. The molecule has 1 amide bonds. The van der Waals surface area contributed by atoms with Crippen LogP contribution >= 0.6 is 0 Å². The van der Waals surface area contributed by atoms with Gasteiger partial charge in [-0.05, 0) is 40.7 Å². The zero-order valence-corrected chi connectivity index (χ0v) is 18.1. The van der Waals surface area contributed by atoms with Crippen molar-refractivity contribution in [1.29, 1.82) is 0 Å². The van der Waals surface area contributed by atoms with Gasteiger partial charge in [0.05, 0.1) is 0 Å². The molecule has 0 spiro atoms. The third kappa shape index (κ3) is 6.36. The van der Waals surface area contributed by atoms with Gasteiger partial charge in [-0.3, -0.25) is 4.79 Å². The number of benzene rings is 3. The third-order valence-electron chi connectivity index (χ3n) is 5.08. The van der Waals surface area contributed by atoms with Gasteiger partial charge in [-0.25, -0.2) is 0 Å². The third-order valence-corrected chi connectivity index (χ3v) is 5.08. The molecule has 0 heterocycles. The van der Waals surface area contributed by atoms with E-state index < -0.39 is 0 Å². The molecule has 0 fully saturated rings. The number of carbonyl (C=O) groups is 1. The fourth-order valence-electron chi connectivity index (χ4n) is 3.22. The van der Waals surface area contributed by atoms with Crippen LogP contribution in [0.15, 0.2) is 84.9 Å². The van der Waals surface area contributed by atoms with Gasteiger partial charge in [-0.15, -0.1) is 0 Å². The van der Waals surface area contributed by atoms with Crippen LogP contribution in [-0.4, -0.2) is 17.4 Å². The van der Waals surface area contributed by atoms with Gasteiger partial charge < -0.3 is 4.90 Å². The molecule has 3 aromatic carbocycles. The summed E-state index contributed by atoms with van der Waals surface area (Å²) in [6.45, 7) is 7.75. The van der Waals surface area contributed by atoms with Crippen molar-refractivity contribution >= 4 is 5.91 Å². The van der Waals surface area contributed by atoms with Crippen LogP contribution in [0.3, 0.4) is 0 Å². The first-order valence-electron chi connectivity index (χ1n) is 10.4. The second kappa shape index (κ2) is 9.94. The molecule has 3 aromatic rings. The number of nitrogens with zero attached hydrogens (tertiary/aromatic N) is 1. The number of amides is 1. The second-order valence-corrected chi connectivity index (χ2v) is 8.53. The molecule has 30 heavy (non-hydrogen) atoms. The Balaban J connectivity index is 1.73. The van der Waals surface area contributed by atoms with Crippen molar-refractivity contribution in [2.45, 2.75) is 39.2 Å². The van der Waals surface area contributed by atoms with E-state index in [0.29, 0.717) is 13.1 Å². The van der Waals surface area contributed by atoms with E-state index in [0.717, 1.165) is 17.5 Å². The van der Waals surface area contributed by atoms with Crippen molar-refractivity contribution in [2.75, 3.05) is 6.54 Å². The normalized spacial score (nSPS) is 10.8. The van der Waals surface area contributed by atoms with Gasteiger partial charge >= 0.3 is 0 Å². The van der Waals surface area contributed by atoms with Gasteiger partial charge in [-0.1, -0.05) is 99.5 Å². The lowest BCUT2D eigenvalue weighted by molar-refractivity contribution is -0.125. The Morgan fingerprint density at radius 3 is 1.93 bits per heavy atom. The van der Waals surface area contributed by atoms with Gasteiger partial charge in [0.25, 0.3) is 5.91 Å². The molecular weight excluding hydrogens is 366 g/mol. The number of carbonyl (C=O) groups excluding carboxylic acids is 1. The molecule has 0 saturated carbocycles. The van der Waals surface area contributed by atoms with Crippen molar-refractivity contribution in [3.63, 3.8) is 0 Å². The summed E-state index contributed by atoms with van der Waals surface area (Å²) in [5.41, 5.74) is 4.54. The minimum atomic E-state index is -0.144. The van der Waals surface area contributed by atoms with E-state index >= 15 is 0 Å². The molecule has 0 aliphatic rings. The predicted molar refractivity (Wildman–Crippen MR) is 124 cm³/mol. The molecule has 0 bridgehead atoms. The van der Waals surface area contributed by atoms with E-state index in [4.69, 9.17) is 0 Å². The second-order valence-electron chi connectivity index (χ2n) is 8.53. The van der Waals surface area contributed by atoms with Gasteiger partial charge in [0.2, 0.25) is 0 Å². The highest BCUT2D eigenvalue weighted by atomic mass is 16.2. The zero-order chi connectivity index (χ0) is 21.4. The van der Waals surface area contributed by atoms with Crippen LogP contribution in [0.1, 0.15) is 43.0 Å². The maximum Gasteiger partial charge on any atom is 0.299 e. The van der Waals surface area contributed by atoms with E-state index in [1.807, 2.05) is 65.6 Å². The van der Waals surface area contributed by atoms with Crippen LogP contribution in [0.2, 0.25) is 0 Å². The number of hydrogen-bond donors (Lipinski definition) is 0. The Morgan fingerprint density at radius 1 is 0.800 bits per heavy atom. The largest absolute Gasteiger partial charge is 0.327 e. The Hall–Kier alpha value is -3.31. The monoisotopic (exact) mass is 395 g/mol. The standard InChI is InChI=1S/C28H29NO/c1-28(2,3)26-17-14-24(15-18-26)16-19-27(30)29(22-25-12-8-5-9-13-25)21-20-23-10-6-4-7-11-23/h4-15,17-18H,20-22H2,1-3H3. The lowest BCUT2D eigenvalue weighted by Crippen LogP contribution is -2.31. The average molecular weight is 396 g/mol. The summed E-state index contributed by atoms with van der Waals surface area (Å²) in [7, 11) is 0. The molecule has 0 aliphatic heterocycles. The highest BCUT2D eigenvalue weighted by molar-refractivity contribution is 5.94. The van der Waals surface area contributed by atoms with E-state index in [2.05, 4.69) is 56.9 Å². The fraction of sp³-hybridized carbons (Fsp3) is 0.250. The fourth-order valence-corrected chi connectivity index (χ4v) is 3.22. The van der Waals surface area contributed by atoms with Gasteiger partial charge in [0.15, 0.2) is 0 Å².